The molecule has 2 aliphatic heterocycles. The fourth-order valence-corrected chi connectivity index (χ4v) is 4.83. The average molecular weight is 429 g/mol. The number of benzene rings is 2. The zero-order valence-electron chi connectivity index (χ0n) is 18.2. The number of nitrogens with zero attached hydrogens (tertiary/aromatic N) is 4. The number of rotatable bonds is 6. The van der Waals surface area contributed by atoms with Crippen LogP contribution in [0.3, 0.4) is 0 Å². The first-order chi connectivity index (χ1) is 15.7. The predicted octanol–water partition coefficient (Wildman–Crippen LogP) is 2.48. The normalized spacial score (nSPS) is 17.0. The summed E-state index contributed by atoms with van der Waals surface area (Å²) in [5, 5.41) is 18.5. The monoisotopic (exact) mass is 428 g/mol. The molecule has 0 saturated heterocycles. The van der Waals surface area contributed by atoms with Crippen LogP contribution < -0.4 is 0 Å². The van der Waals surface area contributed by atoms with Crippen molar-refractivity contribution in [3.8, 4) is 0 Å². The van der Waals surface area contributed by atoms with Crippen molar-refractivity contribution in [1.82, 2.24) is 20.0 Å². The quantitative estimate of drug-likeness (QED) is 0.653. The van der Waals surface area contributed by atoms with Gasteiger partial charge in [-0.1, -0.05) is 36.4 Å². The summed E-state index contributed by atoms with van der Waals surface area (Å²) in [6, 6.07) is 16.6. The zero-order valence-corrected chi connectivity index (χ0v) is 18.2. The summed E-state index contributed by atoms with van der Waals surface area (Å²) in [7, 11) is 0. The molecule has 1 amide bonds. The van der Waals surface area contributed by atoms with Crippen LogP contribution in [0.25, 0.3) is 0 Å². The van der Waals surface area contributed by atoms with Crippen LogP contribution in [-0.2, 0) is 25.8 Å². The molecule has 2 aliphatic rings. The van der Waals surface area contributed by atoms with E-state index in [1.807, 2.05) is 17.0 Å². The van der Waals surface area contributed by atoms with Crippen molar-refractivity contribution in [3.63, 3.8) is 0 Å². The smallest absolute Gasteiger partial charge is 0.254 e. The van der Waals surface area contributed by atoms with E-state index in [1.165, 1.54) is 11.1 Å². The second kappa shape index (κ2) is 9.18. The number of fused-ring (bicyclic) bond motifs is 2. The Bertz CT molecular complexity index is 1100. The highest BCUT2D eigenvalue weighted by atomic mass is 16.3. The minimum Gasteiger partial charge on any atom is -0.390 e. The van der Waals surface area contributed by atoms with Crippen LogP contribution in [0.1, 0.15) is 38.2 Å². The zero-order chi connectivity index (χ0) is 21.9. The summed E-state index contributed by atoms with van der Waals surface area (Å²) in [5.74, 6) is 0.0176. The molecule has 1 N–H and O–H groups in total. The SMILES string of the molecule is O=C1c2cc(Cc3ccnnc3)ccc2CCN1C[C@@H](O)CN1CCc2ccccc2C1. The molecule has 1 atom stereocenters. The average Bonchev–Trinajstić information content (AvgIpc) is 2.82. The maximum Gasteiger partial charge on any atom is 0.254 e. The largest absolute Gasteiger partial charge is 0.390 e. The van der Waals surface area contributed by atoms with Crippen LogP contribution in [-0.4, -0.2) is 63.3 Å². The lowest BCUT2D eigenvalue weighted by atomic mass is 9.94. The van der Waals surface area contributed by atoms with Gasteiger partial charge < -0.3 is 10.0 Å². The van der Waals surface area contributed by atoms with E-state index in [9.17, 15) is 9.90 Å². The summed E-state index contributed by atoms with van der Waals surface area (Å²) in [6.07, 6.45) is 5.43. The number of aliphatic hydroxyl groups excluding tert-OH is 1. The molecule has 3 heterocycles. The van der Waals surface area contributed by atoms with Gasteiger partial charge >= 0.3 is 0 Å². The van der Waals surface area contributed by atoms with Gasteiger partial charge in [0.15, 0.2) is 0 Å². The Kier molecular flexibility index (Phi) is 5.97. The molecule has 32 heavy (non-hydrogen) atoms. The lowest BCUT2D eigenvalue weighted by Gasteiger charge is -2.34. The standard InChI is InChI=1S/C26H28N4O2/c31-24(17-29-11-8-21-3-1-2-4-23(21)16-29)18-30-12-9-22-6-5-19(14-25(22)26(30)32)13-20-7-10-27-28-15-20/h1-7,10,14-15,24,31H,8-9,11-13,16-18H2/t24-/m0/s1. The molecule has 0 spiro atoms. The molecule has 164 valence electrons. The Morgan fingerprint density at radius 2 is 1.75 bits per heavy atom. The minimum absolute atomic E-state index is 0.0176. The van der Waals surface area contributed by atoms with Gasteiger partial charge in [0.2, 0.25) is 0 Å². The molecule has 2 aromatic carbocycles. The molecule has 1 aromatic heterocycles. The van der Waals surface area contributed by atoms with Crippen LogP contribution in [0, 0.1) is 0 Å². The fraction of sp³-hybridized carbons (Fsp3) is 0.346. The Morgan fingerprint density at radius 1 is 0.906 bits per heavy atom. The Morgan fingerprint density at radius 3 is 2.59 bits per heavy atom. The third-order valence-corrected chi connectivity index (χ3v) is 6.51. The number of aliphatic hydroxyl groups is 1. The van der Waals surface area contributed by atoms with Gasteiger partial charge in [0, 0.05) is 44.5 Å². The Balaban J connectivity index is 1.22. The van der Waals surface area contributed by atoms with Crippen molar-refractivity contribution in [3.05, 3.63) is 94.3 Å². The van der Waals surface area contributed by atoms with Crippen molar-refractivity contribution < 1.29 is 9.90 Å². The van der Waals surface area contributed by atoms with Gasteiger partial charge in [-0.05, 0) is 59.2 Å². The van der Waals surface area contributed by atoms with E-state index in [-0.39, 0.29) is 5.91 Å². The van der Waals surface area contributed by atoms with E-state index in [4.69, 9.17) is 0 Å². The van der Waals surface area contributed by atoms with Gasteiger partial charge in [0.25, 0.3) is 5.91 Å². The number of hydrogen-bond acceptors (Lipinski definition) is 5. The van der Waals surface area contributed by atoms with Gasteiger partial charge in [0.1, 0.15) is 0 Å². The third kappa shape index (κ3) is 4.56. The van der Waals surface area contributed by atoms with Gasteiger partial charge in [-0.15, -0.1) is 0 Å². The highest BCUT2D eigenvalue weighted by Crippen LogP contribution is 2.23. The molecule has 6 nitrogen and oxygen atoms in total. The molecule has 0 bridgehead atoms. The van der Waals surface area contributed by atoms with Crippen LogP contribution >= 0.6 is 0 Å². The van der Waals surface area contributed by atoms with Crippen molar-refractivity contribution in [2.75, 3.05) is 26.2 Å². The van der Waals surface area contributed by atoms with Crippen LogP contribution in [0.4, 0.5) is 0 Å². The molecule has 3 aromatic rings. The molecule has 0 aliphatic carbocycles. The molecule has 0 unspecified atom stereocenters. The maximum atomic E-state index is 13.2. The topological polar surface area (TPSA) is 69.6 Å². The van der Waals surface area contributed by atoms with Gasteiger partial charge in [0.05, 0.1) is 12.3 Å². The number of carbonyl (C=O) groups excluding carboxylic acids is 1. The van der Waals surface area contributed by atoms with Crippen LogP contribution in [0.5, 0.6) is 0 Å². The molecule has 0 saturated carbocycles. The molecular formula is C26H28N4O2. The lowest BCUT2D eigenvalue weighted by molar-refractivity contribution is 0.0492. The highest BCUT2D eigenvalue weighted by Gasteiger charge is 2.27. The van der Waals surface area contributed by atoms with E-state index in [0.29, 0.717) is 19.6 Å². The number of aromatic nitrogens is 2. The minimum atomic E-state index is -0.558. The number of carbonyl (C=O) groups is 1. The lowest BCUT2D eigenvalue weighted by Crippen LogP contribution is -2.46. The number of β-amino-alcohol motifs (C(OH)–C–C–N with tert-alkyl or cyclic N) is 1. The van der Waals surface area contributed by atoms with Gasteiger partial charge in [-0.2, -0.15) is 10.2 Å². The van der Waals surface area contributed by atoms with E-state index >= 15 is 0 Å². The van der Waals surface area contributed by atoms with Crippen molar-refractivity contribution in [1.29, 1.82) is 0 Å². The van der Waals surface area contributed by atoms with Crippen LogP contribution in [0.15, 0.2) is 60.9 Å². The second-order valence-corrected chi connectivity index (χ2v) is 8.83. The van der Waals surface area contributed by atoms with E-state index in [2.05, 4.69) is 51.5 Å². The maximum absolute atomic E-state index is 13.2. The third-order valence-electron chi connectivity index (χ3n) is 6.51. The van der Waals surface area contributed by atoms with Crippen molar-refractivity contribution in [2.45, 2.75) is 31.9 Å². The van der Waals surface area contributed by atoms with Gasteiger partial charge in [-0.3, -0.25) is 9.69 Å². The summed E-state index contributed by atoms with van der Waals surface area (Å²) in [5.41, 5.74) is 6.74. The van der Waals surface area contributed by atoms with E-state index < -0.39 is 6.10 Å². The molecular weight excluding hydrogens is 400 g/mol. The highest BCUT2D eigenvalue weighted by molar-refractivity contribution is 5.97. The summed E-state index contributed by atoms with van der Waals surface area (Å²) >= 11 is 0. The first-order valence-electron chi connectivity index (χ1n) is 11.3. The molecule has 0 radical (unpaired) electrons. The number of hydrogen-bond donors (Lipinski definition) is 1. The second-order valence-electron chi connectivity index (χ2n) is 8.83. The Labute approximate surface area is 188 Å². The summed E-state index contributed by atoms with van der Waals surface area (Å²) < 4.78 is 0. The molecule has 6 heteroatoms. The van der Waals surface area contributed by atoms with E-state index in [1.54, 1.807) is 12.4 Å². The van der Waals surface area contributed by atoms with Crippen molar-refractivity contribution in [2.24, 2.45) is 0 Å². The van der Waals surface area contributed by atoms with Crippen molar-refractivity contribution >= 4 is 5.91 Å². The number of amides is 1. The van der Waals surface area contributed by atoms with Gasteiger partial charge in [-0.25, -0.2) is 0 Å². The van der Waals surface area contributed by atoms with E-state index in [0.717, 1.165) is 54.6 Å². The molecule has 0 fully saturated rings. The van der Waals surface area contributed by atoms with Crippen LogP contribution in [0.2, 0.25) is 0 Å². The Hall–Kier alpha value is -3.09. The fourth-order valence-electron chi connectivity index (χ4n) is 4.83. The molecule has 5 rings (SSSR count). The first-order valence-corrected chi connectivity index (χ1v) is 11.3. The summed E-state index contributed by atoms with van der Waals surface area (Å²) in [4.78, 5) is 17.3. The first kappa shape index (κ1) is 20.8. The predicted molar refractivity (Wildman–Crippen MR) is 122 cm³/mol. The summed E-state index contributed by atoms with van der Waals surface area (Å²) in [6.45, 7) is 3.41.